The summed E-state index contributed by atoms with van der Waals surface area (Å²) in [6.07, 6.45) is 11.1. The van der Waals surface area contributed by atoms with Gasteiger partial charge in [-0.15, -0.1) is 21.5 Å². The van der Waals surface area contributed by atoms with Crippen molar-refractivity contribution in [2.45, 2.75) is 104 Å². The fourth-order valence-corrected chi connectivity index (χ4v) is 4.90. The van der Waals surface area contributed by atoms with Crippen molar-refractivity contribution in [2.24, 2.45) is 21.1 Å². The molecule has 0 atom stereocenters. The summed E-state index contributed by atoms with van der Waals surface area (Å²) >= 11 is 1.73. The number of nitrogens with one attached hydrogen (secondary N) is 1. The van der Waals surface area contributed by atoms with Crippen molar-refractivity contribution in [1.82, 2.24) is 84.9 Å². The summed E-state index contributed by atoms with van der Waals surface area (Å²) in [6.45, 7) is 28.3. The second-order valence-corrected chi connectivity index (χ2v) is 15.0. The number of aryl methyl sites for hydroxylation is 18. The van der Waals surface area contributed by atoms with E-state index in [4.69, 9.17) is 8.94 Å². The average molecular weight is 890 g/mol. The summed E-state index contributed by atoms with van der Waals surface area (Å²) in [5.41, 5.74) is 4.35. The van der Waals surface area contributed by atoms with Crippen molar-refractivity contribution >= 4 is 11.3 Å². The number of aromatic amines is 1. The van der Waals surface area contributed by atoms with E-state index in [1.165, 1.54) is 10.4 Å². The van der Waals surface area contributed by atoms with Crippen LogP contribution in [-0.2, 0) is 21.1 Å². The molecule has 0 aliphatic rings. The van der Waals surface area contributed by atoms with E-state index in [1.807, 2.05) is 120 Å². The first-order valence-corrected chi connectivity index (χ1v) is 20.2. The third-order valence-electron chi connectivity index (χ3n) is 6.59. The highest BCUT2D eigenvalue weighted by molar-refractivity contribution is 7.11. The lowest BCUT2D eigenvalue weighted by Crippen LogP contribution is -1.86. The molecule has 9 aromatic heterocycles. The summed E-state index contributed by atoms with van der Waals surface area (Å²) in [5.74, 6) is 6.55. The summed E-state index contributed by atoms with van der Waals surface area (Å²) < 4.78 is 24.0. The number of rotatable bonds is 0. The molecule has 9 rings (SSSR count). The van der Waals surface area contributed by atoms with Gasteiger partial charge in [-0.25, -0.2) is 15.0 Å². The minimum Gasteiger partial charge on any atom is -0.426 e. The lowest BCUT2D eigenvalue weighted by molar-refractivity contribution is 0.389. The lowest BCUT2D eigenvalue weighted by Gasteiger charge is -1.79. The van der Waals surface area contributed by atoms with Crippen molar-refractivity contribution in [3.8, 4) is 0 Å². The van der Waals surface area contributed by atoms with Crippen molar-refractivity contribution in [2.75, 3.05) is 0 Å². The molecule has 0 radical (unpaired) electrons. The lowest BCUT2D eigenvalue weighted by atomic mass is 10.4. The van der Waals surface area contributed by atoms with Gasteiger partial charge in [-0.05, 0) is 87.8 Å². The zero-order valence-corrected chi connectivity index (χ0v) is 40.6. The van der Waals surface area contributed by atoms with E-state index >= 15 is 0 Å². The Morgan fingerprint density at radius 2 is 1.17 bits per heavy atom. The second-order valence-electron chi connectivity index (χ2n) is 13.6. The molecule has 0 amide bonds. The zero-order chi connectivity index (χ0) is 47.5. The van der Waals surface area contributed by atoms with Gasteiger partial charge in [-0.1, -0.05) is 15.5 Å². The van der Waals surface area contributed by atoms with Gasteiger partial charge in [0.05, 0.1) is 22.6 Å². The Hall–Kier alpha value is -6.97. The van der Waals surface area contributed by atoms with E-state index < -0.39 is 0 Å². The highest BCUT2D eigenvalue weighted by Gasteiger charge is 1.92. The molecule has 0 saturated heterocycles. The molecule has 9 aromatic rings. The fraction of sp³-hybridized carbons (Fsp3) is 0.439. The molecule has 21 nitrogen and oxygen atoms in total. The third-order valence-corrected chi connectivity index (χ3v) is 7.42. The Kier molecular flexibility index (Phi) is 25.1. The molecule has 0 aromatic carbocycles. The molecule has 22 heteroatoms. The van der Waals surface area contributed by atoms with Crippen LogP contribution in [0.25, 0.3) is 0 Å². The Labute approximate surface area is 372 Å². The molecule has 0 saturated carbocycles. The van der Waals surface area contributed by atoms with Crippen LogP contribution < -0.4 is 0 Å². The van der Waals surface area contributed by atoms with Crippen LogP contribution in [0, 0.1) is 104 Å². The van der Waals surface area contributed by atoms with Gasteiger partial charge in [-0.3, -0.25) is 14.0 Å². The van der Waals surface area contributed by atoms with E-state index in [1.54, 1.807) is 73.3 Å². The smallest absolute Gasteiger partial charge is 0.223 e. The van der Waals surface area contributed by atoms with Gasteiger partial charge >= 0.3 is 0 Å². The molecule has 1 N–H and O–H groups in total. The summed E-state index contributed by atoms with van der Waals surface area (Å²) in [6, 6.07) is 3.86. The minimum atomic E-state index is 0.623. The Morgan fingerprint density at radius 3 is 1.30 bits per heavy atom. The highest BCUT2D eigenvalue weighted by Crippen LogP contribution is 2.08. The monoisotopic (exact) mass is 889 g/mol. The van der Waals surface area contributed by atoms with Crippen LogP contribution in [0.15, 0.2) is 67.4 Å². The maximum Gasteiger partial charge on any atom is 0.223 e. The maximum atomic E-state index is 4.86. The molecule has 0 spiro atoms. The van der Waals surface area contributed by atoms with Crippen LogP contribution in [-0.4, -0.2) is 84.9 Å². The second kappa shape index (κ2) is 29.3. The summed E-state index contributed by atoms with van der Waals surface area (Å²) in [4.78, 5) is 23.8. The van der Waals surface area contributed by atoms with Crippen LogP contribution in [0.2, 0.25) is 0 Å². The molecular weight excluding hydrogens is 827 g/mol. The molecule has 0 aliphatic carbocycles. The Morgan fingerprint density at radius 1 is 0.571 bits per heavy atom. The van der Waals surface area contributed by atoms with Crippen molar-refractivity contribution in [3.63, 3.8) is 0 Å². The number of thiazole rings is 1. The summed E-state index contributed by atoms with van der Waals surface area (Å²) in [5, 5.41) is 30.9. The molecule has 9 heterocycles. The minimum absolute atomic E-state index is 0.623. The Balaban J connectivity index is 0.000000354. The molecular formula is C41H63N17O4S. The van der Waals surface area contributed by atoms with E-state index in [-0.39, 0.29) is 0 Å². The molecule has 0 aliphatic heterocycles. The number of aromatic nitrogens is 17. The topological polar surface area (TPSA) is 251 Å². The molecule has 342 valence electrons. The van der Waals surface area contributed by atoms with Gasteiger partial charge < -0.3 is 23.0 Å². The number of hydrogen-bond acceptors (Lipinski definition) is 18. The molecule has 0 bridgehead atoms. The molecule has 63 heavy (non-hydrogen) atoms. The average Bonchev–Trinajstić information content (AvgIpc) is 4.08. The van der Waals surface area contributed by atoms with E-state index in [0.717, 1.165) is 39.5 Å². The van der Waals surface area contributed by atoms with Gasteiger partial charge in [0.25, 0.3) is 0 Å². The fourth-order valence-electron chi connectivity index (χ4n) is 4.22. The van der Waals surface area contributed by atoms with Gasteiger partial charge in [0.2, 0.25) is 23.6 Å². The quantitative estimate of drug-likeness (QED) is 0.153. The third kappa shape index (κ3) is 28.2. The van der Waals surface area contributed by atoms with Crippen LogP contribution in [0.4, 0.5) is 0 Å². The van der Waals surface area contributed by atoms with Crippen LogP contribution in [0.5, 0.6) is 0 Å². The first kappa shape index (κ1) is 54.0. The first-order chi connectivity index (χ1) is 29.6. The van der Waals surface area contributed by atoms with E-state index in [0.29, 0.717) is 35.2 Å². The first-order valence-electron chi connectivity index (χ1n) is 19.4. The van der Waals surface area contributed by atoms with Gasteiger partial charge in [0, 0.05) is 90.3 Å². The standard InChI is InChI=1S/3C5H8N2.C5H7NO.C5H7NS.C4H7N3.3C4H6N2O/c1-5-3-6-7(2)4-5;1-5-3-4-7(2)6-5;1-4-3-6-5(2)7-4;1-4-3-5(2)7-6-4;1-4-3-6-5(2)7-4;1-4-5-3-7(2)6-4;1-3-5-6-4(2)7-3;2*1-3-5-4(2)7-6-3/h2*3-4H,1-2H3;3H,1-2H3,(H,6,7);3*3H,1-2H3;3*1-2H3. The predicted octanol–water partition coefficient (Wildman–Crippen LogP) is 7.72. The number of nitrogens with zero attached hydrogens (tertiary/aromatic N) is 16. The van der Waals surface area contributed by atoms with Crippen molar-refractivity contribution in [3.05, 3.63) is 135 Å². The summed E-state index contributed by atoms with van der Waals surface area (Å²) in [7, 11) is 5.67. The predicted molar refractivity (Wildman–Crippen MR) is 239 cm³/mol. The van der Waals surface area contributed by atoms with Crippen molar-refractivity contribution < 1.29 is 18.0 Å². The normalized spacial score (nSPS) is 9.43. The zero-order valence-electron chi connectivity index (χ0n) is 39.8. The van der Waals surface area contributed by atoms with E-state index in [2.05, 4.69) is 86.8 Å². The van der Waals surface area contributed by atoms with Crippen molar-refractivity contribution in [1.29, 1.82) is 0 Å². The molecule has 0 fully saturated rings. The number of hydrogen-bond donors (Lipinski definition) is 1. The van der Waals surface area contributed by atoms with E-state index in [9.17, 15) is 0 Å². The van der Waals surface area contributed by atoms with Crippen LogP contribution >= 0.6 is 11.3 Å². The molecule has 0 unspecified atom stereocenters. The van der Waals surface area contributed by atoms with Crippen LogP contribution in [0.3, 0.4) is 0 Å². The maximum absolute atomic E-state index is 4.86. The Bertz CT molecular complexity index is 1820. The number of H-pyrrole nitrogens is 1. The van der Waals surface area contributed by atoms with Crippen LogP contribution in [0.1, 0.15) is 85.2 Å². The van der Waals surface area contributed by atoms with Gasteiger partial charge in [-0.2, -0.15) is 25.3 Å². The SMILES string of the molecule is Cc1cc(C)on1.Cc1ccn(C)n1.Cc1cnc(C)[nH]1.Cc1cnc(C)s1.Cc1cnn(C)c1.Cc1ncn(C)n1.Cc1nnc(C)o1.Cc1noc(C)n1.Cc1noc(C)n1. The van der Waals surface area contributed by atoms with Gasteiger partial charge in [0.15, 0.2) is 11.6 Å². The number of imidazole rings is 1. The highest BCUT2D eigenvalue weighted by atomic mass is 32.1. The van der Waals surface area contributed by atoms with Gasteiger partial charge in [0.1, 0.15) is 23.7 Å². The largest absolute Gasteiger partial charge is 0.426 e.